The molecule has 1 fully saturated rings. The first-order valence-corrected chi connectivity index (χ1v) is 6.64. The molecule has 1 aliphatic rings. The average Bonchev–Trinajstić information content (AvgIpc) is 2.19. The van der Waals surface area contributed by atoms with Crippen LogP contribution in [0, 0.1) is 11.3 Å². The van der Waals surface area contributed by atoms with Gasteiger partial charge in [-0.3, -0.25) is 4.90 Å². The van der Waals surface area contributed by atoms with Crippen LogP contribution in [-0.2, 0) is 0 Å². The number of aliphatic hydroxyl groups excluding tert-OH is 1. The molecule has 0 aliphatic heterocycles. The van der Waals surface area contributed by atoms with E-state index in [-0.39, 0.29) is 6.10 Å². The van der Waals surface area contributed by atoms with Crippen molar-refractivity contribution >= 4 is 0 Å². The molecule has 16 heavy (non-hydrogen) atoms. The topological polar surface area (TPSA) is 23.5 Å². The summed E-state index contributed by atoms with van der Waals surface area (Å²) in [4.78, 5) is 2.39. The van der Waals surface area contributed by atoms with E-state index in [0.29, 0.717) is 23.4 Å². The Bertz CT molecular complexity index is 225. The van der Waals surface area contributed by atoms with Crippen LogP contribution in [0.25, 0.3) is 0 Å². The standard InChI is InChI=1S/C14H29NO/c1-10(2)11(3)15(6)12-9-14(4,5)8-7-13(12)16/h10-13,16H,7-9H2,1-6H3. The highest BCUT2D eigenvalue weighted by Gasteiger charge is 2.37. The summed E-state index contributed by atoms with van der Waals surface area (Å²) in [6.45, 7) is 11.4. The molecule has 3 atom stereocenters. The maximum Gasteiger partial charge on any atom is 0.0695 e. The van der Waals surface area contributed by atoms with Gasteiger partial charge in [0.05, 0.1) is 6.10 Å². The van der Waals surface area contributed by atoms with Crippen molar-refractivity contribution in [2.45, 2.75) is 72.1 Å². The molecule has 0 heterocycles. The Morgan fingerprint density at radius 3 is 2.31 bits per heavy atom. The molecular weight excluding hydrogens is 198 g/mol. The van der Waals surface area contributed by atoms with Crippen molar-refractivity contribution in [3.05, 3.63) is 0 Å². The highest BCUT2D eigenvalue weighted by atomic mass is 16.3. The fraction of sp³-hybridized carbons (Fsp3) is 1.00. The summed E-state index contributed by atoms with van der Waals surface area (Å²) in [5.41, 5.74) is 0.384. The Morgan fingerprint density at radius 1 is 1.25 bits per heavy atom. The van der Waals surface area contributed by atoms with Gasteiger partial charge in [-0.05, 0) is 44.6 Å². The first-order valence-electron chi connectivity index (χ1n) is 6.64. The molecule has 3 unspecified atom stereocenters. The van der Waals surface area contributed by atoms with Crippen molar-refractivity contribution in [1.29, 1.82) is 0 Å². The minimum atomic E-state index is -0.140. The lowest BCUT2D eigenvalue weighted by Crippen LogP contribution is -2.51. The third-order valence-corrected chi connectivity index (χ3v) is 4.45. The van der Waals surface area contributed by atoms with E-state index in [1.165, 1.54) is 0 Å². The molecule has 2 nitrogen and oxygen atoms in total. The highest BCUT2D eigenvalue weighted by molar-refractivity contribution is 4.91. The fourth-order valence-electron chi connectivity index (χ4n) is 2.72. The van der Waals surface area contributed by atoms with Crippen LogP contribution in [0.4, 0.5) is 0 Å². The predicted octanol–water partition coefficient (Wildman–Crippen LogP) is 2.90. The summed E-state index contributed by atoms with van der Waals surface area (Å²) < 4.78 is 0. The van der Waals surface area contributed by atoms with Crippen LogP contribution in [0.2, 0.25) is 0 Å². The summed E-state index contributed by atoms with van der Waals surface area (Å²) in [6.07, 6.45) is 3.07. The molecule has 1 saturated carbocycles. The molecule has 1 rings (SSSR count). The van der Waals surface area contributed by atoms with E-state index in [1.807, 2.05) is 0 Å². The van der Waals surface area contributed by atoms with Gasteiger partial charge < -0.3 is 5.11 Å². The summed E-state index contributed by atoms with van der Waals surface area (Å²) in [7, 11) is 2.17. The van der Waals surface area contributed by atoms with Crippen molar-refractivity contribution < 1.29 is 5.11 Å². The zero-order valence-corrected chi connectivity index (χ0v) is 11.8. The van der Waals surface area contributed by atoms with Crippen LogP contribution in [0.1, 0.15) is 53.9 Å². The van der Waals surface area contributed by atoms with Crippen LogP contribution < -0.4 is 0 Å². The maximum absolute atomic E-state index is 10.2. The van der Waals surface area contributed by atoms with Gasteiger partial charge in [-0.25, -0.2) is 0 Å². The minimum Gasteiger partial charge on any atom is -0.391 e. The number of hydrogen-bond donors (Lipinski definition) is 1. The van der Waals surface area contributed by atoms with Crippen molar-refractivity contribution in [3.8, 4) is 0 Å². The number of likely N-dealkylation sites (N-methyl/N-ethyl adjacent to an activating group) is 1. The molecule has 0 bridgehead atoms. The Morgan fingerprint density at radius 2 is 1.81 bits per heavy atom. The lowest BCUT2D eigenvalue weighted by Gasteiger charge is -2.45. The molecule has 0 amide bonds. The molecule has 1 N–H and O–H groups in total. The molecule has 2 heteroatoms. The van der Waals surface area contributed by atoms with Crippen molar-refractivity contribution in [2.24, 2.45) is 11.3 Å². The number of rotatable bonds is 3. The molecule has 0 saturated heterocycles. The van der Waals surface area contributed by atoms with Gasteiger partial charge in [0.1, 0.15) is 0 Å². The van der Waals surface area contributed by atoms with Gasteiger partial charge in [-0.2, -0.15) is 0 Å². The van der Waals surface area contributed by atoms with Gasteiger partial charge in [0.25, 0.3) is 0 Å². The molecule has 0 aromatic rings. The third-order valence-electron chi connectivity index (χ3n) is 4.45. The molecular formula is C14H29NO. The number of nitrogens with zero attached hydrogens (tertiary/aromatic N) is 1. The molecule has 96 valence electrons. The van der Waals surface area contributed by atoms with Gasteiger partial charge in [0.15, 0.2) is 0 Å². The second-order valence-electron chi connectivity index (χ2n) is 6.69. The summed E-state index contributed by atoms with van der Waals surface area (Å²) >= 11 is 0. The molecule has 1 aliphatic carbocycles. The van der Waals surface area contributed by atoms with Gasteiger partial charge in [-0.15, -0.1) is 0 Å². The van der Waals surface area contributed by atoms with Gasteiger partial charge in [-0.1, -0.05) is 27.7 Å². The Labute approximate surface area is 101 Å². The van der Waals surface area contributed by atoms with Gasteiger partial charge in [0, 0.05) is 12.1 Å². The van der Waals surface area contributed by atoms with Crippen molar-refractivity contribution in [1.82, 2.24) is 4.90 Å². The normalized spacial score (nSPS) is 32.1. The van der Waals surface area contributed by atoms with Crippen molar-refractivity contribution in [3.63, 3.8) is 0 Å². The minimum absolute atomic E-state index is 0.140. The van der Waals surface area contributed by atoms with Crippen LogP contribution in [0.3, 0.4) is 0 Å². The number of hydrogen-bond acceptors (Lipinski definition) is 2. The first kappa shape index (κ1) is 14.0. The summed E-state index contributed by atoms with van der Waals surface area (Å²) in [5.74, 6) is 0.641. The Hall–Kier alpha value is -0.0800. The fourth-order valence-corrected chi connectivity index (χ4v) is 2.72. The second-order valence-corrected chi connectivity index (χ2v) is 6.69. The highest BCUT2D eigenvalue weighted by Crippen LogP contribution is 2.38. The Kier molecular flexibility index (Phi) is 4.42. The lowest BCUT2D eigenvalue weighted by molar-refractivity contribution is -0.0267. The molecule has 0 aromatic carbocycles. The zero-order valence-electron chi connectivity index (χ0n) is 11.8. The molecule has 0 spiro atoms. The zero-order chi connectivity index (χ0) is 12.5. The van der Waals surface area contributed by atoms with Gasteiger partial charge in [0.2, 0.25) is 0 Å². The second kappa shape index (κ2) is 5.05. The van der Waals surface area contributed by atoms with Crippen molar-refractivity contribution in [2.75, 3.05) is 7.05 Å². The van der Waals surface area contributed by atoms with Crippen LogP contribution >= 0.6 is 0 Å². The smallest absolute Gasteiger partial charge is 0.0695 e. The predicted molar refractivity (Wildman–Crippen MR) is 69.5 cm³/mol. The summed E-state index contributed by atoms with van der Waals surface area (Å²) in [5, 5.41) is 10.2. The largest absolute Gasteiger partial charge is 0.391 e. The maximum atomic E-state index is 10.2. The molecule has 0 aromatic heterocycles. The monoisotopic (exact) mass is 227 g/mol. The first-order chi connectivity index (χ1) is 7.24. The summed E-state index contributed by atoms with van der Waals surface area (Å²) in [6, 6.07) is 0.870. The number of aliphatic hydroxyl groups is 1. The SMILES string of the molecule is CC(C)C(C)N(C)C1CC(C)(C)CCC1O. The van der Waals surface area contributed by atoms with E-state index in [0.717, 1.165) is 19.3 Å². The van der Waals surface area contributed by atoms with Crippen LogP contribution in [-0.4, -0.2) is 35.2 Å². The van der Waals surface area contributed by atoms with Gasteiger partial charge >= 0.3 is 0 Å². The quantitative estimate of drug-likeness (QED) is 0.801. The average molecular weight is 227 g/mol. The van der Waals surface area contributed by atoms with E-state index in [9.17, 15) is 5.11 Å². The Balaban J connectivity index is 2.69. The van der Waals surface area contributed by atoms with E-state index >= 15 is 0 Å². The molecule has 0 radical (unpaired) electrons. The lowest BCUT2D eigenvalue weighted by atomic mass is 9.73. The third kappa shape index (κ3) is 3.21. The van der Waals surface area contributed by atoms with Crippen LogP contribution in [0.5, 0.6) is 0 Å². The van der Waals surface area contributed by atoms with Crippen LogP contribution in [0.15, 0.2) is 0 Å². The van der Waals surface area contributed by atoms with E-state index in [2.05, 4.69) is 46.6 Å². The van der Waals surface area contributed by atoms with E-state index < -0.39 is 0 Å². The van der Waals surface area contributed by atoms with E-state index in [4.69, 9.17) is 0 Å². The van der Waals surface area contributed by atoms with E-state index in [1.54, 1.807) is 0 Å².